The van der Waals surface area contributed by atoms with Crippen LogP contribution in [0.4, 0.5) is 17.1 Å². The van der Waals surface area contributed by atoms with Gasteiger partial charge in [0.15, 0.2) is 0 Å². The van der Waals surface area contributed by atoms with Crippen molar-refractivity contribution in [2.24, 2.45) is 0 Å². The summed E-state index contributed by atoms with van der Waals surface area (Å²) in [5.74, 6) is 0.642. The van der Waals surface area contributed by atoms with Gasteiger partial charge in [0.25, 0.3) is 0 Å². The zero-order valence-electron chi connectivity index (χ0n) is 18.2. The lowest BCUT2D eigenvalue weighted by Crippen LogP contribution is -2.21. The van der Waals surface area contributed by atoms with Crippen LogP contribution in [0.15, 0.2) is 48.5 Å². The third kappa shape index (κ3) is 8.55. The van der Waals surface area contributed by atoms with Crippen LogP contribution in [-0.2, 0) is 9.59 Å². The van der Waals surface area contributed by atoms with Crippen molar-refractivity contribution in [3.63, 3.8) is 0 Å². The molecule has 0 bridgehead atoms. The molecular weight excluding hydrogens is 378 g/mol. The predicted octanol–water partition coefficient (Wildman–Crippen LogP) is 5.43. The molecule has 0 aromatic heterocycles. The van der Waals surface area contributed by atoms with Gasteiger partial charge in [0, 0.05) is 23.5 Å². The van der Waals surface area contributed by atoms with E-state index in [2.05, 4.69) is 29.8 Å². The van der Waals surface area contributed by atoms with Crippen molar-refractivity contribution in [1.82, 2.24) is 0 Å². The zero-order valence-corrected chi connectivity index (χ0v) is 18.2. The van der Waals surface area contributed by atoms with Crippen LogP contribution in [0.1, 0.15) is 52.9 Å². The number of benzene rings is 2. The summed E-state index contributed by atoms with van der Waals surface area (Å²) in [5.41, 5.74) is 2.17. The van der Waals surface area contributed by atoms with E-state index in [4.69, 9.17) is 4.74 Å². The molecule has 0 fully saturated rings. The molecule has 0 saturated heterocycles. The van der Waals surface area contributed by atoms with Gasteiger partial charge < -0.3 is 20.7 Å². The quantitative estimate of drug-likeness (QED) is 0.407. The Labute approximate surface area is 179 Å². The molecule has 0 saturated carbocycles. The first kappa shape index (κ1) is 23.3. The molecule has 3 N–H and O–H groups in total. The summed E-state index contributed by atoms with van der Waals surface area (Å²) in [5, 5.41) is 8.82. The molecule has 0 heterocycles. The molecular formula is C24H33N3O3. The van der Waals surface area contributed by atoms with Gasteiger partial charge in [-0.15, -0.1) is 0 Å². The Kier molecular flexibility index (Phi) is 9.71. The standard InChI is InChI=1S/C24H33N3O3/c1-4-6-7-11-23(28)26-20-9-8-10-21(16-20)27-24(29)17-25-19-12-14-22(15-13-19)30-18(3)5-2/h8-10,12-16,18,25H,4-7,11,17H2,1-3H3,(H,26,28)(H,27,29). The van der Waals surface area contributed by atoms with Crippen molar-refractivity contribution in [1.29, 1.82) is 0 Å². The van der Waals surface area contributed by atoms with E-state index in [1.165, 1.54) is 0 Å². The first-order valence-electron chi connectivity index (χ1n) is 10.7. The molecule has 2 aromatic rings. The normalized spacial score (nSPS) is 11.4. The summed E-state index contributed by atoms with van der Waals surface area (Å²) in [6.07, 6.45) is 4.64. The first-order valence-corrected chi connectivity index (χ1v) is 10.7. The Bertz CT molecular complexity index is 806. The van der Waals surface area contributed by atoms with Gasteiger partial charge in [-0.2, -0.15) is 0 Å². The van der Waals surface area contributed by atoms with Crippen LogP contribution in [0.5, 0.6) is 5.75 Å². The number of rotatable bonds is 12. The first-order chi connectivity index (χ1) is 14.5. The lowest BCUT2D eigenvalue weighted by atomic mass is 10.2. The molecule has 2 amide bonds. The highest BCUT2D eigenvalue weighted by Gasteiger charge is 2.06. The molecule has 0 radical (unpaired) electrons. The van der Waals surface area contributed by atoms with E-state index in [1.807, 2.05) is 37.3 Å². The molecule has 2 rings (SSSR count). The van der Waals surface area contributed by atoms with Gasteiger partial charge in [-0.25, -0.2) is 0 Å². The summed E-state index contributed by atoms with van der Waals surface area (Å²) in [7, 11) is 0. The van der Waals surface area contributed by atoms with Gasteiger partial charge in [0.1, 0.15) is 5.75 Å². The van der Waals surface area contributed by atoms with Crippen LogP contribution in [0.2, 0.25) is 0 Å². The van der Waals surface area contributed by atoms with Crippen molar-refractivity contribution in [3.8, 4) is 5.75 Å². The van der Waals surface area contributed by atoms with E-state index in [0.29, 0.717) is 17.8 Å². The van der Waals surface area contributed by atoms with E-state index in [-0.39, 0.29) is 24.5 Å². The lowest BCUT2D eigenvalue weighted by Gasteiger charge is -2.13. The van der Waals surface area contributed by atoms with Crippen LogP contribution >= 0.6 is 0 Å². The van der Waals surface area contributed by atoms with Gasteiger partial charge in [-0.1, -0.05) is 32.8 Å². The average Bonchev–Trinajstić information content (AvgIpc) is 2.73. The third-order valence-corrected chi connectivity index (χ3v) is 4.66. The molecule has 6 heteroatoms. The molecule has 0 spiro atoms. The maximum Gasteiger partial charge on any atom is 0.243 e. The van der Waals surface area contributed by atoms with E-state index in [9.17, 15) is 9.59 Å². The highest BCUT2D eigenvalue weighted by Crippen LogP contribution is 2.18. The Hall–Kier alpha value is -3.02. The fourth-order valence-electron chi connectivity index (χ4n) is 2.79. The predicted molar refractivity (Wildman–Crippen MR) is 123 cm³/mol. The summed E-state index contributed by atoms with van der Waals surface area (Å²) in [6, 6.07) is 14.7. The number of unbranched alkanes of at least 4 members (excludes halogenated alkanes) is 2. The topological polar surface area (TPSA) is 79.5 Å². The molecule has 2 aromatic carbocycles. The number of hydrogen-bond donors (Lipinski definition) is 3. The Morgan fingerprint density at radius 1 is 0.900 bits per heavy atom. The fraction of sp³-hybridized carbons (Fsp3) is 0.417. The minimum Gasteiger partial charge on any atom is -0.491 e. The van der Waals surface area contributed by atoms with Crippen LogP contribution in [0.25, 0.3) is 0 Å². The zero-order chi connectivity index (χ0) is 21.8. The van der Waals surface area contributed by atoms with Gasteiger partial charge in [0.05, 0.1) is 12.6 Å². The van der Waals surface area contributed by atoms with Crippen molar-refractivity contribution >= 4 is 28.9 Å². The van der Waals surface area contributed by atoms with Gasteiger partial charge in [-0.3, -0.25) is 9.59 Å². The molecule has 1 atom stereocenters. The average molecular weight is 412 g/mol. The molecule has 0 aliphatic rings. The highest BCUT2D eigenvalue weighted by molar-refractivity contribution is 5.95. The summed E-state index contributed by atoms with van der Waals surface area (Å²) in [6.45, 7) is 6.36. The van der Waals surface area contributed by atoms with Crippen LogP contribution in [0, 0.1) is 0 Å². The Morgan fingerprint density at radius 2 is 1.57 bits per heavy atom. The molecule has 30 heavy (non-hydrogen) atoms. The van der Waals surface area contributed by atoms with Gasteiger partial charge in [-0.05, 0) is 62.2 Å². The summed E-state index contributed by atoms with van der Waals surface area (Å²) < 4.78 is 5.75. The van der Waals surface area contributed by atoms with E-state index in [0.717, 1.165) is 37.1 Å². The number of amides is 2. The van der Waals surface area contributed by atoms with Crippen LogP contribution in [0.3, 0.4) is 0 Å². The second-order valence-electron chi connectivity index (χ2n) is 7.35. The molecule has 0 aliphatic heterocycles. The minimum atomic E-state index is -0.165. The minimum absolute atomic E-state index is 0.00523. The molecule has 6 nitrogen and oxygen atoms in total. The molecule has 162 valence electrons. The third-order valence-electron chi connectivity index (χ3n) is 4.66. The largest absolute Gasteiger partial charge is 0.491 e. The van der Waals surface area contributed by atoms with Crippen LogP contribution in [-0.4, -0.2) is 24.5 Å². The van der Waals surface area contributed by atoms with Gasteiger partial charge in [0.2, 0.25) is 11.8 Å². The number of carbonyl (C=O) groups excluding carboxylic acids is 2. The second-order valence-corrected chi connectivity index (χ2v) is 7.35. The van der Waals surface area contributed by atoms with Crippen molar-refractivity contribution in [2.75, 3.05) is 22.5 Å². The number of carbonyl (C=O) groups is 2. The number of hydrogen-bond acceptors (Lipinski definition) is 4. The smallest absolute Gasteiger partial charge is 0.243 e. The Balaban J connectivity index is 1.80. The van der Waals surface area contributed by atoms with Crippen LogP contribution < -0.4 is 20.7 Å². The molecule has 1 unspecified atom stereocenters. The Morgan fingerprint density at radius 3 is 2.20 bits per heavy atom. The fourth-order valence-corrected chi connectivity index (χ4v) is 2.79. The van der Waals surface area contributed by atoms with Gasteiger partial charge >= 0.3 is 0 Å². The number of ether oxygens (including phenoxy) is 1. The monoisotopic (exact) mass is 411 g/mol. The van der Waals surface area contributed by atoms with Crippen molar-refractivity contribution in [3.05, 3.63) is 48.5 Å². The number of nitrogens with one attached hydrogen (secondary N) is 3. The lowest BCUT2D eigenvalue weighted by molar-refractivity contribution is -0.116. The SMILES string of the molecule is CCCCCC(=O)Nc1cccc(NC(=O)CNc2ccc(OC(C)CC)cc2)c1. The maximum absolute atomic E-state index is 12.3. The summed E-state index contributed by atoms with van der Waals surface area (Å²) >= 11 is 0. The van der Waals surface area contributed by atoms with Crippen molar-refractivity contribution in [2.45, 2.75) is 59.0 Å². The second kappa shape index (κ2) is 12.5. The van der Waals surface area contributed by atoms with Crippen molar-refractivity contribution < 1.29 is 14.3 Å². The number of anilines is 3. The summed E-state index contributed by atoms with van der Waals surface area (Å²) in [4.78, 5) is 24.2. The van der Waals surface area contributed by atoms with E-state index >= 15 is 0 Å². The molecule has 0 aliphatic carbocycles. The van der Waals surface area contributed by atoms with E-state index in [1.54, 1.807) is 18.2 Å². The maximum atomic E-state index is 12.3. The van der Waals surface area contributed by atoms with E-state index < -0.39 is 0 Å². The highest BCUT2D eigenvalue weighted by atomic mass is 16.5.